The standard InChI is InChI=1S/C26H24N2O3/c1-13-7-8-15(11-14(13)2)27-24(29)18-5-3-4-6-21(18)28-25(30)22-16-9-10-17(20-12-19(16)20)23(22)26(28)31/h3-11,16-17,19-20,22-23H,12H2,1-2H3,(H,27,29)/t16-,17-,19-,20+,22+,23+/m1/s1. The minimum atomic E-state index is -0.321. The fourth-order valence-corrected chi connectivity index (χ4v) is 6.07. The Morgan fingerprint density at radius 3 is 2.19 bits per heavy atom. The lowest BCUT2D eigenvalue weighted by molar-refractivity contribution is -0.124. The zero-order valence-corrected chi connectivity index (χ0v) is 17.5. The molecule has 5 nitrogen and oxygen atoms in total. The first-order valence-electron chi connectivity index (χ1n) is 11.0. The number of allylic oxidation sites excluding steroid dienone is 2. The molecule has 31 heavy (non-hydrogen) atoms. The highest BCUT2D eigenvalue weighted by atomic mass is 16.2. The smallest absolute Gasteiger partial charge is 0.257 e. The van der Waals surface area contributed by atoms with Crippen molar-refractivity contribution in [3.63, 3.8) is 0 Å². The van der Waals surface area contributed by atoms with Crippen molar-refractivity contribution in [3.8, 4) is 0 Å². The Bertz CT molecular complexity index is 1150. The van der Waals surface area contributed by atoms with Gasteiger partial charge in [-0.3, -0.25) is 14.4 Å². The number of imide groups is 1. The van der Waals surface area contributed by atoms with E-state index in [0.29, 0.717) is 28.8 Å². The van der Waals surface area contributed by atoms with Gasteiger partial charge in [-0.15, -0.1) is 0 Å². The highest BCUT2D eigenvalue weighted by molar-refractivity contribution is 6.25. The number of rotatable bonds is 3. The summed E-state index contributed by atoms with van der Waals surface area (Å²) >= 11 is 0. The van der Waals surface area contributed by atoms with E-state index in [4.69, 9.17) is 0 Å². The SMILES string of the molecule is Cc1ccc(NC(=O)c2ccccc2N2C(=O)[C@H]3[C@@H]4C=C[C@H]([C@@H]5C[C@H]45)[C@@H]3C2=O)cc1C. The molecule has 1 saturated heterocycles. The summed E-state index contributed by atoms with van der Waals surface area (Å²) in [4.78, 5) is 41.4. The van der Waals surface area contributed by atoms with Crippen LogP contribution in [0.2, 0.25) is 0 Å². The number of amides is 3. The molecule has 1 N–H and O–H groups in total. The Hall–Kier alpha value is -3.21. The lowest BCUT2D eigenvalue weighted by atomic mass is 9.63. The van der Waals surface area contributed by atoms with Crippen molar-refractivity contribution >= 4 is 29.1 Å². The zero-order chi connectivity index (χ0) is 21.4. The van der Waals surface area contributed by atoms with E-state index in [1.807, 2.05) is 32.0 Å². The molecule has 4 aliphatic carbocycles. The third-order valence-corrected chi connectivity index (χ3v) is 7.82. The van der Waals surface area contributed by atoms with Gasteiger partial charge in [0, 0.05) is 5.69 Å². The molecule has 0 spiro atoms. The molecule has 1 heterocycles. The number of benzene rings is 2. The van der Waals surface area contributed by atoms with Gasteiger partial charge < -0.3 is 5.32 Å². The molecule has 5 aliphatic rings. The maximum absolute atomic E-state index is 13.5. The molecule has 3 amide bonds. The number of nitrogens with one attached hydrogen (secondary N) is 1. The van der Waals surface area contributed by atoms with Crippen LogP contribution in [0.1, 0.15) is 27.9 Å². The monoisotopic (exact) mass is 412 g/mol. The van der Waals surface area contributed by atoms with Gasteiger partial charge in [-0.25, -0.2) is 4.90 Å². The molecule has 2 aromatic rings. The van der Waals surface area contributed by atoms with Crippen molar-refractivity contribution in [1.29, 1.82) is 0 Å². The molecule has 2 bridgehead atoms. The number of anilines is 2. The van der Waals surface area contributed by atoms with Gasteiger partial charge in [-0.05, 0) is 79.3 Å². The third kappa shape index (κ3) is 2.59. The van der Waals surface area contributed by atoms with E-state index in [-0.39, 0.29) is 41.4 Å². The van der Waals surface area contributed by atoms with Crippen molar-refractivity contribution in [2.75, 3.05) is 10.2 Å². The summed E-state index contributed by atoms with van der Waals surface area (Å²) < 4.78 is 0. The molecule has 2 saturated carbocycles. The summed E-state index contributed by atoms with van der Waals surface area (Å²) in [5.41, 5.74) is 3.66. The van der Waals surface area contributed by atoms with Gasteiger partial charge >= 0.3 is 0 Å². The molecule has 0 radical (unpaired) electrons. The molecule has 3 fully saturated rings. The Morgan fingerprint density at radius 2 is 1.55 bits per heavy atom. The first kappa shape index (κ1) is 18.6. The van der Waals surface area contributed by atoms with E-state index in [9.17, 15) is 14.4 Å². The maximum atomic E-state index is 13.5. The molecule has 0 aromatic heterocycles. The van der Waals surface area contributed by atoms with Crippen LogP contribution in [0.25, 0.3) is 0 Å². The summed E-state index contributed by atoms with van der Waals surface area (Å²) in [5.74, 6) is 0.267. The summed E-state index contributed by atoms with van der Waals surface area (Å²) in [6, 6.07) is 12.7. The Labute approximate surface area is 181 Å². The van der Waals surface area contributed by atoms with Crippen molar-refractivity contribution < 1.29 is 14.4 Å². The van der Waals surface area contributed by atoms with Crippen LogP contribution < -0.4 is 10.2 Å². The van der Waals surface area contributed by atoms with Crippen LogP contribution in [0.4, 0.5) is 11.4 Å². The predicted molar refractivity (Wildman–Crippen MR) is 118 cm³/mol. The summed E-state index contributed by atoms with van der Waals surface area (Å²) in [5, 5.41) is 2.93. The number of carbonyl (C=O) groups excluding carboxylic acids is 3. The second-order valence-electron chi connectivity index (χ2n) is 9.44. The summed E-state index contributed by atoms with van der Waals surface area (Å²) in [6.45, 7) is 4.02. The molecule has 156 valence electrons. The minimum Gasteiger partial charge on any atom is -0.322 e. The molecule has 1 aliphatic heterocycles. The lowest BCUT2D eigenvalue weighted by Gasteiger charge is -2.37. The molecule has 2 aromatic carbocycles. The Morgan fingerprint density at radius 1 is 0.903 bits per heavy atom. The Kier molecular flexibility index (Phi) is 3.83. The summed E-state index contributed by atoms with van der Waals surface area (Å²) in [7, 11) is 0. The van der Waals surface area contributed by atoms with Crippen molar-refractivity contribution in [2.45, 2.75) is 20.3 Å². The zero-order valence-electron chi connectivity index (χ0n) is 17.5. The van der Waals surface area contributed by atoms with Crippen LogP contribution in [0.3, 0.4) is 0 Å². The number of nitrogens with zero attached hydrogens (tertiary/aromatic N) is 1. The highest BCUT2D eigenvalue weighted by Crippen LogP contribution is 2.65. The Balaban J connectivity index is 1.34. The number of para-hydroxylation sites is 1. The van der Waals surface area contributed by atoms with Gasteiger partial charge in [-0.2, -0.15) is 0 Å². The van der Waals surface area contributed by atoms with Crippen molar-refractivity contribution in [3.05, 3.63) is 71.3 Å². The van der Waals surface area contributed by atoms with E-state index in [2.05, 4.69) is 17.5 Å². The molecular formula is C26H24N2O3. The van der Waals surface area contributed by atoms with E-state index >= 15 is 0 Å². The second kappa shape index (κ2) is 6.39. The van der Waals surface area contributed by atoms with Gasteiger partial charge in [0.1, 0.15) is 0 Å². The summed E-state index contributed by atoms with van der Waals surface area (Å²) in [6.07, 6.45) is 5.45. The van der Waals surface area contributed by atoms with Crippen LogP contribution in [0, 0.1) is 49.4 Å². The van der Waals surface area contributed by atoms with E-state index < -0.39 is 0 Å². The van der Waals surface area contributed by atoms with E-state index in [0.717, 1.165) is 17.5 Å². The fourth-order valence-electron chi connectivity index (χ4n) is 6.07. The molecule has 5 heteroatoms. The largest absolute Gasteiger partial charge is 0.322 e. The fraction of sp³-hybridized carbons (Fsp3) is 0.346. The van der Waals surface area contributed by atoms with Crippen molar-refractivity contribution in [1.82, 2.24) is 0 Å². The van der Waals surface area contributed by atoms with Crippen LogP contribution in [0.15, 0.2) is 54.6 Å². The van der Waals surface area contributed by atoms with Gasteiger partial charge in [0.05, 0.1) is 23.1 Å². The topological polar surface area (TPSA) is 66.5 Å². The molecule has 6 atom stereocenters. The van der Waals surface area contributed by atoms with Crippen LogP contribution in [0.5, 0.6) is 0 Å². The van der Waals surface area contributed by atoms with Gasteiger partial charge in [0.15, 0.2) is 0 Å². The van der Waals surface area contributed by atoms with Crippen LogP contribution in [-0.2, 0) is 9.59 Å². The lowest BCUT2D eigenvalue weighted by Crippen LogP contribution is -2.40. The van der Waals surface area contributed by atoms with Gasteiger partial charge in [-0.1, -0.05) is 30.4 Å². The number of aryl methyl sites for hydroxylation is 2. The van der Waals surface area contributed by atoms with Crippen LogP contribution >= 0.6 is 0 Å². The first-order chi connectivity index (χ1) is 15.0. The number of hydrogen-bond acceptors (Lipinski definition) is 3. The average Bonchev–Trinajstić information content (AvgIpc) is 3.54. The average molecular weight is 412 g/mol. The minimum absolute atomic E-state index is 0.147. The van der Waals surface area contributed by atoms with Gasteiger partial charge in [0.2, 0.25) is 11.8 Å². The quantitative estimate of drug-likeness (QED) is 0.609. The van der Waals surface area contributed by atoms with Crippen LogP contribution in [-0.4, -0.2) is 17.7 Å². The van der Waals surface area contributed by atoms with Crippen molar-refractivity contribution in [2.24, 2.45) is 35.5 Å². The molecule has 7 rings (SSSR count). The van der Waals surface area contributed by atoms with E-state index in [1.54, 1.807) is 24.3 Å². The number of hydrogen-bond donors (Lipinski definition) is 1. The second-order valence-corrected chi connectivity index (χ2v) is 9.44. The molecular weight excluding hydrogens is 388 g/mol. The third-order valence-electron chi connectivity index (χ3n) is 7.82. The van der Waals surface area contributed by atoms with E-state index in [1.165, 1.54) is 4.90 Å². The maximum Gasteiger partial charge on any atom is 0.257 e. The highest BCUT2D eigenvalue weighted by Gasteiger charge is 2.67. The predicted octanol–water partition coefficient (Wildman–Crippen LogP) is 4.11. The number of carbonyl (C=O) groups is 3. The molecule has 0 unspecified atom stereocenters. The first-order valence-corrected chi connectivity index (χ1v) is 11.0. The normalized spacial score (nSPS) is 32.1. The van der Waals surface area contributed by atoms with Gasteiger partial charge in [0.25, 0.3) is 5.91 Å².